The normalized spacial score (nSPS) is 23.7. The van der Waals surface area contributed by atoms with Crippen molar-refractivity contribution in [2.24, 2.45) is 7.05 Å². The molecule has 2 aromatic heterocycles. The summed E-state index contributed by atoms with van der Waals surface area (Å²) in [5.74, 6) is 0.00514. The van der Waals surface area contributed by atoms with Crippen molar-refractivity contribution in [2.75, 3.05) is 20.1 Å². The number of likely N-dealkylation sites (N-methyl/N-ethyl adjacent to an activating group) is 1. The van der Waals surface area contributed by atoms with Crippen LogP contribution in [0.25, 0.3) is 11.2 Å². The number of aromatic nitrogens is 3. The number of pyridine rings is 1. The number of hydrogen-bond acceptors (Lipinski definition) is 4. The summed E-state index contributed by atoms with van der Waals surface area (Å²) in [7, 11) is 3.99. The van der Waals surface area contributed by atoms with Gasteiger partial charge in [-0.05, 0) is 33.0 Å². The van der Waals surface area contributed by atoms with E-state index in [1.807, 2.05) is 22.6 Å². The molecule has 0 spiro atoms. The van der Waals surface area contributed by atoms with Gasteiger partial charge in [-0.15, -0.1) is 0 Å². The first-order chi connectivity index (χ1) is 9.97. The fraction of sp³-hybridized carbons (Fsp3) is 0.533. The number of rotatable bonds is 1. The van der Waals surface area contributed by atoms with Gasteiger partial charge >= 0.3 is 0 Å². The summed E-state index contributed by atoms with van der Waals surface area (Å²) < 4.78 is 1.84. The lowest BCUT2D eigenvalue weighted by Crippen LogP contribution is -2.56. The molecule has 2 unspecified atom stereocenters. The molecule has 1 aliphatic heterocycles. The second-order valence-corrected chi connectivity index (χ2v) is 5.99. The van der Waals surface area contributed by atoms with E-state index in [1.165, 1.54) is 0 Å². The highest BCUT2D eigenvalue weighted by Crippen LogP contribution is 2.17. The smallest absolute Gasteiger partial charge is 0.272 e. The maximum absolute atomic E-state index is 12.8. The Morgan fingerprint density at radius 1 is 1.19 bits per heavy atom. The van der Waals surface area contributed by atoms with Gasteiger partial charge in [-0.1, -0.05) is 0 Å². The summed E-state index contributed by atoms with van der Waals surface area (Å²) in [6.45, 7) is 5.86. The Kier molecular flexibility index (Phi) is 3.41. The Hall–Kier alpha value is -1.95. The molecule has 0 radical (unpaired) electrons. The molecule has 3 heterocycles. The van der Waals surface area contributed by atoms with Crippen molar-refractivity contribution in [3.8, 4) is 0 Å². The molecule has 3 rings (SSSR count). The zero-order valence-electron chi connectivity index (χ0n) is 12.9. The molecule has 2 aromatic rings. The lowest BCUT2D eigenvalue weighted by atomic mass is 10.1. The van der Waals surface area contributed by atoms with Crippen LogP contribution in [0.4, 0.5) is 0 Å². The highest BCUT2D eigenvalue weighted by atomic mass is 16.2. The van der Waals surface area contributed by atoms with Crippen LogP contribution in [0.1, 0.15) is 24.3 Å². The van der Waals surface area contributed by atoms with E-state index in [4.69, 9.17) is 0 Å². The van der Waals surface area contributed by atoms with Crippen molar-refractivity contribution >= 4 is 17.1 Å². The molecule has 6 nitrogen and oxygen atoms in total. The fourth-order valence-corrected chi connectivity index (χ4v) is 2.85. The third-order valence-corrected chi connectivity index (χ3v) is 4.34. The molecule has 21 heavy (non-hydrogen) atoms. The predicted molar refractivity (Wildman–Crippen MR) is 81.1 cm³/mol. The number of piperazine rings is 1. The third-order valence-electron chi connectivity index (χ3n) is 4.34. The average molecular weight is 287 g/mol. The molecule has 0 bridgehead atoms. The van der Waals surface area contributed by atoms with Crippen molar-refractivity contribution in [1.29, 1.82) is 0 Å². The number of nitrogens with zero attached hydrogens (tertiary/aromatic N) is 5. The number of hydrogen-bond donors (Lipinski definition) is 0. The molecular formula is C15H21N5O. The molecule has 1 aliphatic rings. The largest absolute Gasteiger partial charge is 0.332 e. The molecule has 2 atom stereocenters. The zero-order valence-corrected chi connectivity index (χ0v) is 12.9. The van der Waals surface area contributed by atoms with Crippen LogP contribution in [0.3, 0.4) is 0 Å². The molecule has 1 saturated heterocycles. The molecule has 0 N–H and O–H groups in total. The molecule has 6 heteroatoms. The standard InChI is InChI=1S/C15H21N5O/c1-10-8-20(11(2)7-18(10)3)15(21)13-6-5-12-14(17-13)19(4)9-16-12/h5-6,9-11H,7-8H2,1-4H3. The lowest BCUT2D eigenvalue weighted by Gasteiger charge is -2.42. The zero-order chi connectivity index (χ0) is 15.1. The van der Waals surface area contributed by atoms with Gasteiger partial charge in [0.2, 0.25) is 0 Å². The van der Waals surface area contributed by atoms with Gasteiger partial charge < -0.3 is 9.47 Å². The van der Waals surface area contributed by atoms with Gasteiger partial charge in [-0.25, -0.2) is 9.97 Å². The molecule has 0 aromatic carbocycles. The topological polar surface area (TPSA) is 54.3 Å². The van der Waals surface area contributed by atoms with Crippen LogP contribution in [0.15, 0.2) is 18.5 Å². The molecule has 1 amide bonds. The summed E-state index contributed by atoms with van der Waals surface area (Å²) in [5, 5.41) is 0. The predicted octanol–water partition coefficient (Wildman–Crippen LogP) is 1.13. The van der Waals surface area contributed by atoms with Gasteiger partial charge in [0.15, 0.2) is 5.65 Å². The van der Waals surface area contributed by atoms with Crippen LogP contribution in [-0.4, -0.2) is 62.5 Å². The molecule has 112 valence electrons. The monoisotopic (exact) mass is 287 g/mol. The SMILES string of the molecule is CC1CN(C(=O)c2ccc3ncn(C)c3n2)C(C)CN1C. The third kappa shape index (κ3) is 2.40. The quantitative estimate of drug-likeness (QED) is 0.789. The second kappa shape index (κ2) is 5.11. The maximum atomic E-state index is 12.8. The summed E-state index contributed by atoms with van der Waals surface area (Å²) in [6, 6.07) is 4.20. The van der Waals surface area contributed by atoms with Crippen LogP contribution in [0.5, 0.6) is 0 Å². The van der Waals surface area contributed by atoms with Crippen LogP contribution >= 0.6 is 0 Å². The number of imidazole rings is 1. The minimum atomic E-state index is 0.00514. The fourth-order valence-electron chi connectivity index (χ4n) is 2.85. The van der Waals surface area contributed by atoms with Gasteiger partial charge in [0.05, 0.1) is 6.33 Å². The number of amides is 1. The van der Waals surface area contributed by atoms with E-state index in [-0.39, 0.29) is 11.9 Å². The number of fused-ring (bicyclic) bond motifs is 1. The molecule has 1 fully saturated rings. The first-order valence-corrected chi connectivity index (χ1v) is 7.26. The van der Waals surface area contributed by atoms with Gasteiger partial charge in [-0.2, -0.15) is 0 Å². The van der Waals surface area contributed by atoms with Crippen molar-refractivity contribution in [3.63, 3.8) is 0 Å². The molecule has 0 aliphatic carbocycles. The summed E-state index contributed by atoms with van der Waals surface area (Å²) in [4.78, 5) is 25.7. The Labute approximate surface area is 124 Å². The van der Waals surface area contributed by atoms with E-state index >= 15 is 0 Å². The van der Waals surface area contributed by atoms with E-state index in [0.29, 0.717) is 11.7 Å². The Morgan fingerprint density at radius 3 is 2.71 bits per heavy atom. The first-order valence-electron chi connectivity index (χ1n) is 7.26. The minimum absolute atomic E-state index is 0.00514. The summed E-state index contributed by atoms with van der Waals surface area (Å²) in [5.41, 5.74) is 2.05. The highest BCUT2D eigenvalue weighted by Gasteiger charge is 2.31. The summed E-state index contributed by atoms with van der Waals surface area (Å²) in [6.07, 6.45) is 1.71. The van der Waals surface area contributed by atoms with E-state index < -0.39 is 0 Å². The second-order valence-electron chi connectivity index (χ2n) is 5.99. The Bertz CT molecular complexity index is 680. The minimum Gasteiger partial charge on any atom is -0.332 e. The van der Waals surface area contributed by atoms with Crippen LogP contribution in [-0.2, 0) is 7.05 Å². The van der Waals surface area contributed by atoms with Crippen molar-refractivity contribution in [1.82, 2.24) is 24.3 Å². The van der Waals surface area contributed by atoms with Gasteiger partial charge in [0.25, 0.3) is 5.91 Å². The maximum Gasteiger partial charge on any atom is 0.272 e. The molecular weight excluding hydrogens is 266 g/mol. The number of aryl methyl sites for hydroxylation is 1. The van der Waals surface area contributed by atoms with Crippen LogP contribution in [0.2, 0.25) is 0 Å². The van der Waals surface area contributed by atoms with Gasteiger partial charge in [0.1, 0.15) is 11.2 Å². The van der Waals surface area contributed by atoms with Crippen molar-refractivity contribution in [3.05, 3.63) is 24.2 Å². The lowest BCUT2D eigenvalue weighted by molar-refractivity contribution is 0.0392. The van der Waals surface area contributed by atoms with Crippen LogP contribution in [0, 0.1) is 0 Å². The number of carbonyl (C=O) groups is 1. The highest BCUT2D eigenvalue weighted by molar-refractivity contribution is 5.94. The summed E-state index contributed by atoms with van der Waals surface area (Å²) >= 11 is 0. The van der Waals surface area contributed by atoms with Gasteiger partial charge in [0, 0.05) is 32.2 Å². The van der Waals surface area contributed by atoms with Crippen molar-refractivity contribution < 1.29 is 4.79 Å². The number of carbonyl (C=O) groups excluding carboxylic acids is 1. The average Bonchev–Trinajstić information content (AvgIpc) is 2.83. The van der Waals surface area contributed by atoms with Crippen LogP contribution < -0.4 is 0 Å². The Morgan fingerprint density at radius 2 is 1.95 bits per heavy atom. The van der Waals surface area contributed by atoms with Gasteiger partial charge in [-0.3, -0.25) is 9.69 Å². The van der Waals surface area contributed by atoms with E-state index in [0.717, 1.165) is 24.3 Å². The van der Waals surface area contributed by atoms with E-state index in [1.54, 1.807) is 12.4 Å². The first kappa shape index (κ1) is 14.0. The van der Waals surface area contributed by atoms with Crippen molar-refractivity contribution in [2.45, 2.75) is 25.9 Å². The van der Waals surface area contributed by atoms with E-state index in [2.05, 4.69) is 35.8 Å². The Balaban J connectivity index is 1.90. The molecule has 0 saturated carbocycles. The van der Waals surface area contributed by atoms with E-state index in [9.17, 15) is 4.79 Å².